The number of hydrogen-bond acceptors (Lipinski definition) is 5. The lowest BCUT2D eigenvalue weighted by atomic mass is 9.95. The first kappa shape index (κ1) is 30.3. The Morgan fingerprint density at radius 1 is 0.370 bits per heavy atom. The van der Waals surface area contributed by atoms with Crippen LogP contribution in [0.1, 0.15) is 0 Å². The summed E-state index contributed by atoms with van der Waals surface area (Å²) in [6.45, 7) is 0. The minimum atomic E-state index is 0.653. The molecule has 7 aromatic carbocycles. The Balaban J connectivity index is 1.10. The van der Waals surface area contributed by atoms with E-state index in [0.29, 0.717) is 5.82 Å². The second-order valence-electron chi connectivity index (χ2n) is 13.6. The third kappa shape index (κ3) is 4.90. The fourth-order valence-corrected chi connectivity index (χ4v) is 7.79. The van der Waals surface area contributed by atoms with E-state index in [4.69, 9.17) is 18.8 Å². The first-order chi connectivity index (χ1) is 26.7. The van der Waals surface area contributed by atoms with E-state index in [9.17, 15) is 0 Å². The van der Waals surface area contributed by atoms with Crippen LogP contribution in [-0.4, -0.2) is 15.0 Å². The zero-order valence-electron chi connectivity index (χ0n) is 28.9. The van der Waals surface area contributed by atoms with Gasteiger partial charge in [-0.25, -0.2) is 9.97 Å². The normalized spacial score (nSPS) is 11.7. The van der Waals surface area contributed by atoms with Gasteiger partial charge in [-0.05, 0) is 65.2 Å². The van der Waals surface area contributed by atoms with Gasteiger partial charge in [-0.3, -0.25) is 4.98 Å². The van der Waals surface area contributed by atoms with E-state index < -0.39 is 0 Å². The molecule has 252 valence electrons. The molecule has 5 nitrogen and oxygen atoms in total. The number of rotatable bonds is 5. The van der Waals surface area contributed by atoms with Gasteiger partial charge in [0.25, 0.3) is 0 Å². The van der Waals surface area contributed by atoms with E-state index in [2.05, 4.69) is 114 Å². The number of nitrogens with zero attached hydrogens (tertiary/aromatic N) is 3. The molecule has 0 aliphatic rings. The quantitative estimate of drug-likeness (QED) is 0.180. The highest BCUT2D eigenvalue weighted by atomic mass is 16.3. The minimum absolute atomic E-state index is 0.653. The maximum Gasteiger partial charge on any atom is 0.160 e. The Labute approximate surface area is 309 Å². The van der Waals surface area contributed by atoms with Gasteiger partial charge in [0.15, 0.2) is 5.82 Å². The number of para-hydroxylation sites is 2. The summed E-state index contributed by atoms with van der Waals surface area (Å²) in [6, 6.07) is 58.4. The first-order valence-electron chi connectivity index (χ1n) is 18.0. The van der Waals surface area contributed by atoms with Gasteiger partial charge in [0, 0.05) is 55.4 Å². The number of benzene rings is 7. The van der Waals surface area contributed by atoms with Crippen molar-refractivity contribution in [3.8, 4) is 56.2 Å². The largest absolute Gasteiger partial charge is 0.456 e. The lowest BCUT2D eigenvalue weighted by molar-refractivity contribution is 0.668. The van der Waals surface area contributed by atoms with Crippen LogP contribution in [0.25, 0.3) is 111 Å². The highest BCUT2D eigenvalue weighted by Gasteiger charge is 2.20. The van der Waals surface area contributed by atoms with Crippen molar-refractivity contribution in [3.05, 3.63) is 176 Å². The van der Waals surface area contributed by atoms with Crippen molar-refractivity contribution in [2.24, 2.45) is 0 Å². The fraction of sp³-hybridized carbons (Fsp3) is 0. The molecule has 0 amide bonds. The molecule has 0 atom stereocenters. The highest BCUT2D eigenvalue weighted by Crippen LogP contribution is 2.43. The molecule has 0 saturated heterocycles. The lowest BCUT2D eigenvalue weighted by Gasteiger charge is -2.12. The molecule has 5 heteroatoms. The molecule has 0 saturated carbocycles. The van der Waals surface area contributed by atoms with E-state index in [1.54, 1.807) is 0 Å². The molecule has 0 N–H and O–H groups in total. The topological polar surface area (TPSA) is 65.0 Å². The zero-order chi connectivity index (χ0) is 35.6. The summed E-state index contributed by atoms with van der Waals surface area (Å²) >= 11 is 0. The van der Waals surface area contributed by atoms with Crippen molar-refractivity contribution in [1.29, 1.82) is 0 Å². The van der Waals surface area contributed by atoms with Crippen LogP contribution in [-0.2, 0) is 0 Å². The van der Waals surface area contributed by atoms with Gasteiger partial charge in [-0.1, -0.05) is 121 Å². The van der Waals surface area contributed by atoms with E-state index in [0.717, 1.165) is 105 Å². The summed E-state index contributed by atoms with van der Waals surface area (Å²) in [7, 11) is 0. The molecular formula is C49H29N3O2. The van der Waals surface area contributed by atoms with Crippen LogP contribution in [0, 0.1) is 0 Å². The zero-order valence-corrected chi connectivity index (χ0v) is 28.9. The maximum atomic E-state index is 6.73. The van der Waals surface area contributed by atoms with Crippen LogP contribution in [0.5, 0.6) is 0 Å². The van der Waals surface area contributed by atoms with Crippen LogP contribution < -0.4 is 0 Å². The molecule has 11 rings (SSSR count). The molecule has 0 radical (unpaired) electrons. The summed E-state index contributed by atoms with van der Waals surface area (Å²) in [6.07, 6.45) is 1.83. The van der Waals surface area contributed by atoms with Crippen molar-refractivity contribution in [1.82, 2.24) is 15.0 Å². The van der Waals surface area contributed by atoms with Gasteiger partial charge < -0.3 is 8.83 Å². The molecular weight excluding hydrogens is 663 g/mol. The van der Waals surface area contributed by atoms with Gasteiger partial charge >= 0.3 is 0 Å². The fourth-order valence-electron chi connectivity index (χ4n) is 7.79. The predicted octanol–water partition coefficient (Wildman–Crippen LogP) is 13.2. The third-order valence-corrected chi connectivity index (χ3v) is 10.4. The van der Waals surface area contributed by atoms with Crippen molar-refractivity contribution in [2.75, 3.05) is 0 Å². The summed E-state index contributed by atoms with van der Waals surface area (Å²) in [5.41, 5.74) is 13.3. The minimum Gasteiger partial charge on any atom is -0.456 e. The van der Waals surface area contributed by atoms with Crippen LogP contribution in [0.4, 0.5) is 0 Å². The van der Waals surface area contributed by atoms with E-state index >= 15 is 0 Å². The Bertz CT molecular complexity index is 3210. The van der Waals surface area contributed by atoms with Crippen molar-refractivity contribution in [3.63, 3.8) is 0 Å². The Hall–Kier alpha value is -7.37. The van der Waals surface area contributed by atoms with Crippen molar-refractivity contribution in [2.45, 2.75) is 0 Å². The second-order valence-corrected chi connectivity index (χ2v) is 13.6. The molecule has 4 aromatic heterocycles. The molecule has 0 spiro atoms. The standard InChI is InChI=1S/C49H29N3O2/c1-2-10-31(11-3-1)42-29-43(52-49(51-42)32-21-19-30(20-22-32)34-14-8-16-41-36(34)15-9-27-50-41)38-25-24-35(48-47(38)39-13-5-7-18-45(39)54-48)33-23-26-46-40(28-33)37-12-4-6-17-44(37)53-46/h1-29H. The monoisotopic (exact) mass is 691 g/mol. The molecule has 0 unspecified atom stereocenters. The van der Waals surface area contributed by atoms with E-state index in [-0.39, 0.29) is 0 Å². The molecule has 4 heterocycles. The molecule has 11 aromatic rings. The summed E-state index contributed by atoms with van der Waals surface area (Å²) in [5, 5.41) is 5.34. The Morgan fingerprint density at radius 3 is 1.93 bits per heavy atom. The smallest absolute Gasteiger partial charge is 0.160 e. The lowest BCUT2D eigenvalue weighted by Crippen LogP contribution is -1.96. The van der Waals surface area contributed by atoms with Gasteiger partial charge in [0.1, 0.15) is 22.3 Å². The highest BCUT2D eigenvalue weighted by molar-refractivity contribution is 6.17. The van der Waals surface area contributed by atoms with E-state index in [1.165, 1.54) is 0 Å². The van der Waals surface area contributed by atoms with Crippen molar-refractivity contribution < 1.29 is 8.83 Å². The molecule has 54 heavy (non-hydrogen) atoms. The van der Waals surface area contributed by atoms with Crippen LogP contribution in [0.15, 0.2) is 185 Å². The van der Waals surface area contributed by atoms with Gasteiger partial charge in [0.05, 0.1) is 16.9 Å². The van der Waals surface area contributed by atoms with Crippen LogP contribution in [0.3, 0.4) is 0 Å². The van der Waals surface area contributed by atoms with Crippen LogP contribution in [0.2, 0.25) is 0 Å². The predicted molar refractivity (Wildman–Crippen MR) is 219 cm³/mol. The average Bonchev–Trinajstić information content (AvgIpc) is 3.82. The van der Waals surface area contributed by atoms with E-state index in [1.807, 2.05) is 66.9 Å². The maximum absolute atomic E-state index is 6.73. The second kappa shape index (κ2) is 12.1. The van der Waals surface area contributed by atoms with Crippen LogP contribution >= 0.6 is 0 Å². The SMILES string of the molecule is c1ccc(-c2cc(-c3ccc(-c4ccc5oc6ccccc6c5c4)c4oc5ccccc5c34)nc(-c3ccc(-c4cccc5ncccc45)cc3)n2)cc1. The first-order valence-corrected chi connectivity index (χ1v) is 18.0. The van der Waals surface area contributed by atoms with Gasteiger partial charge in [-0.2, -0.15) is 0 Å². The summed E-state index contributed by atoms with van der Waals surface area (Å²) in [5.74, 6) is 0.653. The van der Waals surface area contributed by atoms with Gasteiger partial charge in [0.2, 0.25) is 0 Å². The Kier molecular flexibility index (Phi) is 6.79. The van der Waals surface area contributed by atoms with Gasteiger partial charge in [-0.15, -0.1) is 0 Å². The number of hydrogen-bond donors (Lipinski definition) is 0. The molecule has 0 bridgehead atoms. The summed E-state index contributed by atoms with van der Waals surface area (Å²) < 4.78 is 12.9. The third-order valence-electron chi connectivity index (χ3n) is 10.4. The molecule has 0 fully saturated rings. The number of aromatic nitrogens is 3. The Morgan fingerprint density at radius 2 is 1.06 bits per heavy atom. The number of fused-ring (bicyclic) bond motifs is 7. The number of pyridine rings is 1. The summed E-state index contributed by atoms with van der Waals surface area (Å²) in [4.78, 5) is 15.0. The average molecular weight is 692 g/mol. The molecule has 0 aliphatic heterocycles. The van der Waals surface area contributed by atoms with Crippen molar-refractivity contribution >= 4 is 54.8 Å². The molecule has 0 aliphatic carbocycles. The number of furan rings is 2.